The van der Waals surface area contributed by atoms with Crippen molar-refractivity contribution in [1.82, 2.24) is 15.1 Å². The molecule has 3 heterocycles. The number of fused-ring (bicyclic) bond motifs is 1. The van der Waals surface area contributed by atoms with Crippen molar-refractivity contribution in [2.45, 2.75) is 75.0 Å². The number of nitrogens with zero attached hydrogens (tertiary/aromatic N) is 2. The molecule has 0 radical (unpaired) electrons. The van der Waals surface area contributed by atoms with E-state index in [9.17, 15) is 5.11 Å². The summed E-state index contributed by atoms with van der Waals surface area (Å²) in [6.07, 6.45) is 11.0. The number of β-amino-alcohol motifs (C(OH)–C–C–N with tert-alkyl or cyclic N) is 1. The van der Waals surface area contributed by atoms with E-state index in [2.05, 4.69) is 15.1 Å². The Hall–Kier alpha value is -0.200. The van der Waals surface area contributed by atoms with Crippen LogP contribution < -0.4 is 5.32 Å². The topological polar surface area (TPSA) is 48.0 Å². The molecule has 0 amide bonds. The standard InChI is InChI=1S/C20H37N3O2/c24-20(9-5-11-23-10-4-1-6-18(20)23)16-21-19(7-2-3-8-19)17-22-12-14-25-15-13-22/h18,21,24H,1-17H2/t18-,20-/m1/s1. The van der Waals surface area contributed by atoms with E-state index < -0.39 is 5.60 Å². The molecule has 3 aliphatic heterocycles. The molecule has 1 saturated carbocycles. The van der Waals surface area contributed by atoms with Crippen molar-refractivity contribution >= 4 is 0 Å². The number of hydrogen-bond acceptors (Lipinski definition) is 5. The molecule has 1 aliphatic carbocycles. The van der Waals surface area contributed by atoms with Gasteiger partial charge in [0.1, 0.15) is 0 Å². The molecule has 5 heteroatoms. The highest BCUT2D eigenvalue weighted by Gasteiger charge is 2.46. The third kappa shape index (κ3) is 4.06. The molecule has 4 rings (SSSR count). The van der Waals surface area contributed by atoms with Gasteiger partial charge in [-0.05, 0) is 51.6 Å². The van der Waals surface area contributed by atoms with Gasteiger partial charge in [0.15, 0.2) is 0 Å². The van der Waals surface area contributed by atoms with Crippen molar-refractivity contribution in [2.75, 3.05) is 52.5 Å². The first-order chi connectivity index (χ1) is 12.2. The van der Waals surface area contributed by atoms with Gasteiger partial charge in [-0.25, -0.2) is 0 Å². The van der Waals surface area contributed by atoms with E-state index in [0.717, 1.165) is 52.2 Å². The van der Waals surface area contributed by atoms with Crippen LogP contribution >= 0.6 is 0 Å². The minimum Gasteiger partial charge on any atom is -0.387 e. The number of ether oxygens (including phenoxy) is 1. The Kier molecular flexibility index (Phi) is 5.68. The van der Waals surface area contributed by atoms with Crippen LogP contribution in [0.3, 0.4) is 0 Å². The SMILES string of the molecule is O[C@@]1(CNC2(CN3CCOCC3)CCCC2)CCCN2CCCC[C@@H]21. The number of nitrogens with one attached hydrogen (secondary N) is 1. The molecular formula is C20H37N3O2. The number of hydrogen-bond donors (Lipinski definition) is 2. The molecule has 2 atom stereocenters. The van der Waals surface area contributed by atoms with E-state index in [4.69, 9.17) is 4.74 Å². The van der Waals surface area contributed by atoms with Crippen molar-refractivity contribution < 1.29 is 9.84 Å². The van der Waals surface area contributed by atoms with Crippen molar-refractivity contribution in [3.63, 3.8) is 0 Å². The van der Waals surface area contributed by atoms with Crippen LogP contribution in [0.4, 0.5) is 0 Å². The third-order valence-electron chi connectivity index (χ3n) is 7.25. The van der Waals surface area contributed by atoms with Crippen molar-refractivity contribution in [2.24, 2.45) is 0 Å². The maximum absolute atomic E-state index is 11.5. The zero-order valence-electron chi connectivity index (χ0n) is 15.8. The third-order valence-corrected chi connectivity index (χ3v) is 7.25. The summed E-state index contributed by atoms with van der Waals surface area (Å²) in [5.74, 6) is 0. The monoisotopic (exact) mass is 351 g/mol. The Bertz CT molecular complexity index is 433. The molecule has 4 aliphatic rings. The first-order valence-electron chi connectivity index (χ1n) is 10.7. The van der Waals surface area contributed by atoms with Crippen LogP contribution in [-0.4, -0.2) is 84.6 Å². The summed E-state index contributed by atoms with van der Waals surface area (Å²) in [6, 6.07) is 0.379. The summed E-state index contributed by atoms with van der Waals surface area (Å²) >= 11 is 0. The molecule has 0 aromatic heterocycles. The lowest BCUT2D eigenvalue weighted by atomic mass is 9.79. The van der Waals surface area contributed by atoms with Crippen LogP contribution in [0.2, 0.25) is 0 Å². The molecule has 0 aromatic carbocycles. The fraction of sp³-hybridized carbons (Fsp3) is 1.00. The van der Waals surface area contributed by atoms with Gasteiger partial charge in [-0.3, -0.25) is 9.80 Å². The summed E-state index contributed by atoms with van der Waals surface area (Å²) in [4.78, 5) is 5.14. The minimum atomic E-state index is -0.529. The summed E-state index contributed by atoms with van der Waals surface area (Å²) < 4.78 is 5.52. The highest BCUT2D eigenvalue weighted by Crippen LogP contribution is 2.36. The predicted molar refractivity (Wildman–Crippen MR) is 99.9 cm³/mol. The molecule has 144 valence electrons. The molecule has 2 N–H and O–H groups in total. The molecule has 4 fully saturated rings. The van der Waals surface area contributed by atoms with Gasteiger partial charge in [-0.1, -0.05) is 19.3 Å². The first kappa shape index (κ1) is 18.2. The van der Waals surface area contributed by atoms with Crippen molar-refractivity contribution in [1.29, 1.82) is 0 Å². The largest absolute Gasteiger partial charge is 0.387 e. The molecule has 0 bridgehead atoms. The average molecular weight is 352 g/mol. The summed E-state index contributed by atoms with van der Waals surface area (Å²) in [5, 5.41) is 15.4. The zero-order valence-corrected chi connectivity index (χ0v) is 15.8. The smallest absolute Gasteiger partial charge is 0.0926 e. The van der Waals surface area contributed by atoms with Gasteiger partial charge in [-0.2, -0.15) is 0 Å². The Morgan fingerprint density at radius 1 is 0.920 bits per heavy atom. The Labute approximate surface area is 153 Å². The van der Waals surface area contributed by atoms with E-state index in [0.29, 0.717) is 6.04 Å². The molecule has 0 spiro atoms. The quantitative estimate of drug-likeness (QED) is 0.788. The van der Waals surface area contributed by atoms with Gasteiger partial charge < -0.3 is 15.2 Å². The molecule has 3 saturated heterocycles. The molecule has 5 nitrogen and oxygen atoms in total. The second-order valence-electron chi connectivity index (χ2n) is 8.98. The van der Waals surface area contributed by atoms with Gasteiger partial charge in [0.25, 0.3) is 0 Å². The van der Waals surface area contributed by atoms with Gasteiger partial charge in [-0.15, -0.1) is 0 Å². The Morgan fingerprint density at radius 3 is 2.48 bits per heavy atom. The first-order valence-corrected chi connectivity index (χ1v) is 10.7. The normalized spacial score (nSPS) is 37.1. The second-order valence-corrected chi connectivity index (χ2v) is 8.98. The number of aliphatic hydroxyl groups is 1. The fourth-order valence-corrected chi connectivity index (χ4v) is 5.80. The van der Waals surface area contributed by atoms with Gasteiger partial charge >= 0.3 is 0 Å². The van der Waals surface area contributed by atoms with E-state index in [-0.39, 0.29) is 5.54 Å². The number of morpholine rings is 1. The van der Waals surface area contributed by atoms with Crippen LogP contribution in [0.1, 0.15) is 57.8 Å². The molecule has 0 unspecified atom stereocenters. The minimum absolute atomic E-state index is 0.212. The highest BCUT2D eigenvalue weighted by molar-refractivity contribution is 5.03. The van der Waals surface area contributed by atoms with Gasteiger partial charge in [0.2, 0.25) is 0 Å². The van der Waals surface area contributed by atoms with Gasteiger partial charge in [0, 0.05) is 37.8 Å². The maximum atomic E-state index is 11.5. The van der Waals surface area contributed by atoms with Crippen LogP contribution in [0, 0.1) is 0 Å². The van der Waals surface area contributed by atoms with E-state index in [1.54, 1.807) is 0 Å². The zero-order chi connectivity index (χ0) is 17.2. The Morgan fingerprint density at radius 2 is 1.68 bits per heavy atom. The maximum Gasteiger partial charge on any atom is 0.0926 e. The molecular weight excluding hydrogens is 314 g/mol. The van der Waals surface area contributed by atoms with E-state index in [1.165, 1.54) is 58.0 Å². The van der Waals surface area contributed by atoms with Crippen LogP contribution in [0.15, 0.2) is 0 Å². The number of piperidine rings is 2. The Balaban J connectivity index is 1.40. The second kappa shape index (κ2) is 7.81. The average Bonchev–Trinajstić information content (AvgIpc) is 3.10. The van der Waals surface area contributed by atoms with Crippen molar-refractivity contribution in [3.05, 3.63) is 0 Å². The molecule has 0 aromatic rings. The van der Waals surface area contributed by atoms with Crippen molar-refractivity contribution in [3.8, 4) is 0 Å². The fourth-order valence-electron chi connectivity index (χ4n) is 5.80. The summed E-state index contributed by atoms with van der Waals surface area (Å²) in [6.45, 7) is 8.14. The van der Waals surface area contributed by atoms with E-state index in [1.807, 2.05) is 0 Å². The lowest BCUT2D eigenvalue weighted by Gasteiger charge is -2.51. The predicted octanol–water partition coefficient (Wildman–Crippen LogP) is 1.60. The van der Waals surface area contributed by atoms with Gasteiger partial charge in [0.05, 0.1) is 18.8 Å². The lowest BCUT2D eigenvalue weighted by molar-refractivity contribution is -0.0960. The van der Waals surface area contributed by atoms with Crippen LogP contribution in [0.5, 0.6) is 0 Å². The summed E-state index contributed by atoms with van der Waals surface area (Å²) in [7, 11) is 0. The lowest BCUT2D eigenvalue weighted by Crippen LogP contribution is -2.65. The molecule has 25 heavy (non-hydrogen) atoms. The van der Waals surface area contributed by atoms with Crippen LogP contribution in [0.25, 0.3) is 0 Å². The number of rotatable bonds is 5. The van der Waals surface area contributed by atoms with E-state index >= 15 is 0 Å². The summed E-state index contributed by atoms with van der Waals surface area (Å²) in [5.41, 5.74) is -0.316. The highest BCUT2D eigenvalue weighted by atomic mass is 16.5. The van der Waals surface area contributed by atoms with Crippen LogP contribution in [-0.2, 0) is 4.74 Å².